The SMILES string of the molecule is O=C1Oc2ccccc2C1=C1OC(=O)[C@H](c2ccccc2)C1=O. The second-order valence-electron chi connectivity index (χ2n) is 5.22. The van der Waals surface area contributed by atoms with Gasteiger partial charge in [0.25, 0.3) is 0 Å². The minimum Gasteiger partial charge on any atom is -0.422 e. The lowest BCUT2D eigenvalue weighted by Gasteiger charge is -2.02. The first-order valence-corrected chi connectivity index (χ1v) is 7.03. The third-order valence-electron chi connectivity index (χ3n) is 3.85. The van der Waals surface area contributed by atoms with Crippen molar-refractivity contribution in [2.24, 2.45) is 0 Å². The number of benzene rings is 2. The van der Waals surface area contributed by atoms with Gasteiger partial charge in [0.2, 0.25) is 5.78 Å². The first-order chi connectivity index (χ1) is 11.2. The predicted molar refractivity (Wildman–Crippen MR) is 79.3 cm³/mol. The molecule has 2 aromatic carbocycles. The molecule has 0 amide bonds. The van der Waals surface area contributed by atoms with Crippen molar-refractivity contribution in [3.05, 3.63) is 71.5 Å². The maximum Gasteiger partial charge on any atom is 0.348 e. The number of hydrogen-bond donors (Lipinski definition) is 0. The van der Waals surface area contributed by atoms with Crippen LogP contribution < -0.4 is 4.74 Å². The largest absolute Gasteiger partial charge is 0.422 e. The number of cyclic esters (lactones) is 1. The van der Waals surface area contributed by atoms with Crippen molar-refractivity contribution < 1.29 is 23.9 Å². The number of rotatable bonds is 1. The smallest absolute Gasteiger partial charge is 0.348 e. The van der Waals surface area contributed by atoms with E-state index in [9.17, 15) is 14.4 Å². The second kappa shape index (κ2) is 4.91. The molecule has 0 unspecified atom stereocenters. The summed E-state index contributed by atoms with van der Waals surface area (Å²) in [6.07, 6.45) is 0. The van der Waals surface area contributed by atoms with Crippen LogP contribution in [0, 0.1) is 0 Å². The van der Waals surface area contributed by atoms with Crippen LogP contribution in [0.1, 0.15) is 17.0 Å². The van der Waals surface area contributed by atoms with Crippen LogP contribution in [-0.4, -0.2) is 17.7 Å². The molecule has 0 N–H and O–H groups in total. The number of allylic oxidation sites excluding steroid dienone is 1. The van der Waals surface area contributed by atoms with Crippen molar-refractivity contribution in [2.75, 3.05) is 0 Å². The maximum absolute atomic E-state index is 12.6. The molecule has 5 heteroatoms. The molecular formula is C18H10O5. The molecule has 0 spiro atoms. The van der Waals surface area contributed by atoms with E-state index in [1.54, 1.807) is 54.6 Å². The summed E-state index contributed by atoms with van der Waals surface area (Å²) in [6, 6.07) is 15.3. The van der Waals surface area contributed by atoms with E-state index in [1.807, 2.05) is 0 Å². The fourth-order valence-corrected chi connectivity index (χ4v) is 2.79. The molecule has 0 aliphatic carbocycles. The zero-order chi connectivity index (χ0) is 16.0. The minimum atomic E-state index is -1.04. The fraction of sp³-hybridized carbons (Fsp3) is 0.0556. The van der Waals surface area contributed by atoms with Crippen LogP contribution in [0.5, 0.6) is 5.75 Å². The molecule has 2 aliphatic heterocycles. The van der Waals surface area contributed by atoms with Crippen molar-refractivity contribution in [2.45, 2.75) is 5.92 Å². The van der Waals surface area contributed by atoms with E-state index in [4.69, 9.17) is 9.47 Å². The Morgan fingerprint density at radius 2 is 1.48 bits per heavy atom. The number of fused-ring (bicyclic) bond motifs is 1. The number of ketones is 1. The Morgan fingerprint density at radius 3 is 2.26 bits per heavy atom. The molecule has 2 heterocycles. The van der Waals surface area contributed by atoms with Crippen LogP contribution in [-0.2, 0) is 19.1 Å². The van der Waals surface area contributed by atoms with E-state index in [-0.39, 0.29) is 11.3 Å². The number of Topliss-reactive ketones (excluding diaryl/α,β-unsaturated/α-hetero) is 1. The average Bonchev–Trinajstić information content (AvgIpc) is 3.03. The quantitative estimate of drug-likeness (QED) is 0.350. The lowest BCUT2D eigenvalue weighted by molar-refractivity contribution is -0.136. The molecule has 0 saturated carbocycles. The number of esters is 2. The van der Waals surface area contributed by atoms with E-state index in [2.05, 4.69) is 0 Å². The van der Waals surface area contributed by atoms with Crippen LogP contribution in [0.4, 0.5) is 0 Å². The van der Waals surface area contributed by atoms with Gasteiger partial charge in [0, 0.05) is 5.56 Å². The van der Waals surface area contributed by atoms with Gasteiger partial charge in [-0.05, 0) is 11.6 Å². The van der Waals surface area contributed by atoms with Crippen molar-refractivity contribution >= 4 is 23.3 Å². The standard InChI is InChI=1S/C18H10O5/c19-15-13(10-6-2-1-3-7-10)17(20)23-16(15)14-11-8-4-5-9-12(11)22-18(14)21/h1-9,13H/t13-/m1/s1. The predicted octanol–water partition coefficient (Wildman–Crippen LogP) is 2.23. The highest BCUT2D eigenvalue weighted by molar-refractivity contribution is 6.31. The number of para-hydroxylation sites is 1. The molecule has 23 heavy (non-hydrogen) atoms. The van der Waals surface area contributed by atoms with E-state index in [0.29, 0.717) is 16.9 Å². The summed E-state index contributed by atoms with van der Waals surface area (Å²) < 4.78 is 10.3. The third-order valence-corrected chi connectivity index (χ3v) is 3.85. The van der Waals surface area contributed by atoms with Gasteiger partial charge in [0.1, 0.15) is 17.2 Å². The summed E-state index contributed by atoms with van der Waals surface area (Å²) >= 11 is 0. The van der Waals surface area contributed by atoms with Gasteiger partial charge in [-0.3, -0.25) is 9.59 Å². The van der Waals surface area contributed by atoms with Crippen molar-refractivity contribution in [1.82, 2.24) is 0 Å². The Bertz CT molecular complexity index is 879. The Balaban J connectivity index is 1.84. The van der Waals surface area contributed by atoms with Gasteiger partial charge >= 0.3 is 11.9 Å². The van der Waals surface area contributed by atoms with Gasteiger partial charge in [-0.15, -0.1) is 0 Å². The Hall–Kier alpha value is -3.21. The second-order valence-corrected chi connectivity index (χ2v) is 5.22. The first-order valence-electron chi connectivity index (χ1n) is 7.03. The molecule has 2 aliphatic rings. The van der Waals surface area contributed by atoms with Crippen LogP contribution in [0.25, 0.3) is 5.57 Å². The van der Waals surface area contributed by atoms with Gasteiger partial charge < -0.3 is 9.47 Å². The molecule has 2 aromatic rings. The highest BCUT2D eigenvalue weighted by Gasteiger charge is 2.46. The van der Waals surface area contributed by atoms with Crippen molar-refractivity contribution in [3.8, 4) is 5.75 Å². The monoisotopic (exact) mass is 306 g/mol. The fourth-order valence-electron chi connectivity index (χ4n) is 2.79. The molecule has 0 aromatic heterocycles. The summed E-state index contributed by atoms with van der Waals surface area (Å²) in [5.74, 6) is -2.81. The summed E-state index contributed by atoms with van der Waals surface area (Å²) in [7, 11) is 0. The zero-order valence-corrected chi connectivity index (χ0v) is 11.8. The van der Waals surface area contributed by atoms with E-state index in [1.165, 1.54) is 0 Å². The van der Waals surface area contributed by atoms with E-state index < -0.39 is 23.6 Å². The Labute approximate surface area is 131 Å². The van der Waals surface area contributed by atoms with Crippen molar-refractivity contribution in [3.63, 3.8) is 0 Å². The zero-order valence-electron chi connectivity index (χ0n) is 11.8. The van der Waals surface area contributed by atoms with Gasteiger partial charge in [0.05, 0.1) is 0 Å². The molecule has 0 radical (unpaired) electrons. The van der Waals surface area contributed by atoms with Gasteiger partial charge in [-0.1, -0.05) is 48.5 Å². The first kappa shape index (κ1) is 13.5. The lowest BCUT2D eigenvalue weighted by atomic mass is 9.94. The van der Waals surface area contributed by atoms with Crippen LogP contribution in [0.15, 0.2) is 60.4 Å². The van der Waals surface area contributed by atoms with Crippen LogP contribution >= 0.6 is 0 Å². The average molecular weight is 306 g/mol. The number of hydrogen-bond acceptors (Lipinski definition) is 5. The minimum absolute atomic E-state index is 0.0115. The highest BCUT2D eigenvalue weighted by Crippen LogP contribution is 2.40. The molecule has 1 atom stereocenters. The molecule has 1 fully saturated rings. The molecule has 1 saturated heterocycles. The van der Waals surface area contributed by atoms with Crippen molar-refractivity contribution in [1.29, 1.82) is 0 Å². The normalized spacial score (nSPS) is 22.8. The van der Waals surface area contributed by atoms with E-state index >= 15 is 0 Å². The molecule has 4 rings (SSSR count). The van der Waals surface area contributed by atoms with Gasteiger partial charge in [-0.25, -0.2) is 4.79 Å². The number of ether oxygens (including phenoxy) is 2. The Kier molecular flexibility index (Phi) is 2.87. The summed E-state index contributed by atoms with van der Waals surface area (Å²) in [4.78, 5) is 36.9. The summed E-state index contributed by atoms with van der Waals surface area (Å²) in [6.45, 7) is 0. The molecule has 5 nitrogen and oxygen atoms in total. The number of carbonyl (C=O) groups excluding carboxylic acids is 3. The van der Waals surface area contributed by atoms with Gasteiger partial charge in [0.15, 0.2) is 5.76 Å². The maximum atomic E-state index is 12.6. The molecule has 0 bridgehead atoms. The molecular weight excluding hydrogens is 296 g/mol. The van der Waals surface area contributed by atoms with Crippen LogP contribution in [0.2, 0.25) is 0 Å². The Morgan fingerprint density at radius 1 is 0.783 bits per heavy atom. The third kappa shape index (κ3) is 1.97. The van der Waals surface area contributed by atoms with E-state index in [0.717, 1.165) is 0 Å². The lowest BCUT2D eigenvalue weighted by Crippen LogP contribution is -2.13. The van der Waals surface area contributed by atoms with Gasteiger partial charge in [-0.2, -0.15) is 0 Å². The van der Waals surface area contributed by atoms with Crippen LogP contribution in [0.3, 0.4) is 0 Å². The topological polar surface area (TPSA) is 69.7 Å². The summed E-state index contributed by atoms with van der Waals surface area (Å²) in [5, 5.41) is 0. The number of carbonyl (C=O) groups is 3. The summed E-state index contributed by atoms with van der Waals surface area (Å²) in [5.41, 5.74) is 1.01. The molecule has 112 valence electrons. The highest BCUT2D eigenvalue weighted by atomic mass is 16.6.